The second-order valence-electron chi connectivity index (χ2n) is 10.1. The third kappa shape index (κ3) is 6.59. The van der Waals surface area contributed by atoms with Gasteiger partial charge in [-0.15, -0.1) is 0 Å². The van der Waals surface area contributed by atoms with Gasteiger partial charge < -0.3 is 5.73 Å². The van der Waals surface area contributed by atoms with Crippen LogP contribution in [0, 0.1) is 24.7 Å². The Labute approximate surface area is 174 Å². The van der Waals surface area contributed by atoms with Crippen LogP contribution in [-0.2, 0) is 6.54 Å². The van der Waals surface area contributed by atoms with E-state index in [9.17, 15) is 0 Å². The zero-order valence-electron chi connectivity index (χ0n) is 18.7. The molecule has 158 valence electrons. The summed E-state index contributed by atoms with van der Waals surface area (Å²) in [4.78, 5) is 2.82. The van der Waals surface area contributed by atoms with Crippen LogP contribution in [0.4, 0.5) is 0 Å². The zero-order chi connectivity index (χ0) is 19.9. The number of benzene rings is 1. The van der Waals surface area contributed by atoms with Crippen LogP contribution in [-0.4, -0.2) is 23.5 Å². The molecule has 2 aliphatic carbocycles. The quantitative estimate of drug-likeness (QED) is 0.569. The summed E-state index contributed by atoms with van der Waals surface area (Å²) in [7, 11) is 0. The third-order valence-corrected chi connectivity index (χ3v) is 7.60. The van der Waals surface area contributed by atoms with E-state index in [1.54, 1.807) is 0 Å². The van der Waals surface area contributed by atoms with E-state index in [-0.39, 0.29) is 0 Å². The number of hydrogen-bond donors (Lipinski definition) is 1. The molecule has 0 radical (unpaired) electrons. The molecule has 0 bridgehead atoms. The van der Waals surface area contributed by atoms with Crippen LogP contribution in [0.3, 0.4) is 0 Å². The monoisotopic (exact) mass is 384 g/mol. The normalized spacial score (nSPS) is 29.8. The van der Waals surface area contributed by atoms with Gasteiger partial charge in [0.15, 0.2) is 0 Å². The van der Waals surface area contributed by atoms with Crippen molar-refractivity contribution in [3.05, 3.63) is 35.4 Å². The Balaban J connectivity index is 1.53. The fraction of sp³-hybridized carbons (Fsp3) is 0.769. The minimum Gasteiger partial charge on any atom is -0.328 e. The molecule has 0 spiro atoms. The van der Waals surface area contributed by atoms with Crippen LogP contribution in [0.5, 0.6) is 0 Å². The van der Waals surface area contributed by atoms with Crippen molar-refractivity contribution in [2.45, 2.75) is 104 Å². The van der Waals surface area contributed by atoms with Crippen LogP contribution in [0.25, 0.3) is 0 Å². The standard InChI is InChI=1S/C26H44N2/c1-4-20(2)18-28(19-24-7-5-6-21(3)16-24)26-14-10-23(11-15-26)17-22-8-12-25(27)13-9-22/h5-7,16,20,22-23,25-26H,4,8-15,17-19,27H2,1-3H3. The van der Waals surface area contributed by atoms with Crippen LogP contribution in [0.15, 0.2) is 24.3 Å². The van der Waals surface area contributed by atoms with E-state index in [1.807, 2.05) is 0 Å². The Hall–Kier alpha value is -0.860. The van der Waals surface area contributed by atoms with Gasteiger partial charge in [0.2, 0.25) is 0 Å². The van der Waals surface area contributed by atoms with Gasteiger partial charge in [-0.3, -0.25) is 4.90 Å². The van der Waals surface area contributed by atoms with Gasteiger partial charge in [0.25, 0.3) is 0 Å². The predicted octanol–water partition coefficient (Wildman–Crippen LogP) is 6.31. The van der Waals surface area contributed by atoms with Crippen molar-refractivity contribution in [1.29, 1.82) is 0 Å². The Morgan fingerprint density at radius 2 is 1.64 bits per heavy atom. The lowest BCUT2D eigenvalue weighted by molar-refractivity contribution is 0.103. The van der Waals surface area contributed by atoms with Gasteiger partial charge >= 0.3 is 0 Å². The number of nitrogens with two attached hydrogens (primary N) is 1. The molecule has 0 saturated heterocycles. The van der Waals surface area contributed by atoms with Gasteiger partial charge in [-0.25, -0.2) is 0 Å². The lowest BCUT2D eigenvalue weighted by Crippen LogP contribution is -2.40. The zero-order valence-corrected chi connectivity index (χ0v) is 18.7. The van der Waals surface area contributed by atoms with Crippen LogP contribution >= 0.6 is 0 Å². The highest BCUT2D eigenvalue weighted by Gasteiger charge is 2.29. The average molecular weight is 385 g/mol. The van der Waals surface area contributed by atoms with Gasteiger partial charge in [-0.05, 0) is 88.0 Å². The number of hydrogen-bond acceptors (Lipinski definition) is 2. The maximum absolute atomic E-state index is 6.10. The second kappa shape index (κ2) is 10.8. The molecule has 1 unspecified atom stereocenters. The van der Waals surface area contributed by atoms with Crippen LogP contribution in [0.2, 0.25) is 0 Å². The molecule has 2 saturated carbocycles. The van der Waals surface area contributed by atoms with Crippen molar-refractivity contribution in [2.75, 3.05) is 6.54 Å². The van der Waals surface area contributed by atoms with E-state index in [4.69, 9.17) is 5.73 Å². The molecule has 1 aromatic rings. The minimum absolute atomic E-state index is 0.489. The lowest BCUT2D eigenvalue weighted by atomic mass is 9.75. The number of nitrogens with zero attached hydrogens (tertiary/aromatic N) is 1. The molecule has 1 aromatic carbocycles. The number of aryl methyl sites for hydroxylation is 1. The first kappa shape index (κ1) is 21.8. The molecule has 0 aliphatic heterocycles. The summed E-state index contributed by atoms with van der Waals surface area (Å²) in [6.07, 6.45) is 13.7. The highest BCUT2D eigenvalue weighted by atomic mass is 15.2. The summed E-state index contributed by atoms with van der Waals surface area (Å²) in [5.74, 6) is 2.72. The van der Waals surface area contributed by atoms with Gasteiger partial charge in [-0.1, -0.05) is 50.1 Å². The van der Waals surface area contributed by atoms with Gasteiger partial charge in [0.05, 0.1) is 0 Å². The molecule has 2 heteroatoms. The Morgan fingerprint density at radius 1 is 1.00 bits per heavy atom. The third-order valence-electron chi connectivity index (χ3n) is 7.60. The van der Waals surface area contributed by atoms with E-state index < -0.39 is 0 Å². The van der Waals surface area contributed by atoms with E-state index in [2.05, 4.69) is 49.9 Å². The molecule has 2 nitrogen and oxygen atoms in total. The maximum atomic E-state index is 6.10. The highest BCUT2D eigenvalue weighted by molar-refractivity contribution is 5.22. The molecular formula is C26H44N2. The van der Waals surface area contributed by atoms with E-state index in [0.717, 1.165) is 30.3 Å². The molecule has 2 N–H and O–H groups in total. The van der Waals surface area contributed by atoms with E-state index in [0.29, 0.717) is 6.04 Å². The molecule has 2 aliphatic rings. The van der Waals surface area contributed by atoms with Crippen LogP contribution < -0.4 is 5.73 Å². The molecule has 0 amide bonds. The average Bonchev–Trinajstić information content (AvgIpc) is 2.70. The maximum Gasteiger partial charge on any atom is 0.0236 e. The SMILES string of the molecule is CCC(C)CN(Cc1cccc(C)c1)C1CCC(CC2CCC(N)CC2)CC1. The first-order valence-electron chi connectivity index (χ1n) is 12.1. The summed E-state index contributed by atoms with van der Waals surface area (Å²) in [6, 6.07) is 10.4. The van der Waals surface area contributed by atoms with Gasteiger partial charge in [0, 0.05) is 25.2 Å². The fourth-order valence-electron chi connectivity index (χ4n) is 5.56. The first-order chi connectivity index (χ1) is 13.5. The van der Waals surface area contributed by atoms with Crippen LogP contribution in [0.1, 0.15) is 89.2 Å². The summed E-state index contributed by atoms with van der Waals surface area (Å²) < 4.78 is 0. The van der Waals surface area contributed by atoms with Crippen molar-refractivity contribution in [3.63, 3.8) is 0 Å². The Morgan fingerprint density at radius 3 is 2.25 bits per heavy atom. The molecule has 1 atom stereocenters. The number of rotatable bonds is 8. The summed E-state index contributed by atoms with van der Waals surface area (Å²) in [5, 5.41) is 0. The Bertz CT molecular complexity index is 568. The smallest absolute Gasteiger partial charge is 0.0236 e. The first-order valence-corrected chi connectivity index (χ1v) is 12.1. The molecule has 3 rings (SSSR count). The second-order valence-corrected chi connectivity index (χ2v) is 10.1. The van der Waals surface area contributed by atoms with Crippen molar-refractivity contribution in [1.82, 2.24) is 4.90 Å². The molecular weight excluding hydrogens is 340 g/mol. The largest absolute Gasteiger partial charge is 0.328 e. The summed E-state index contributed by atoms with van der Waals surface area (Å²) in [5.41, 5.74) is 8.98. The molecule has 28 heavy (non-hydrogen) atoms. The van der Waals surface area contributed by atoms with Crippen molar-refractivity contribution < 1.29 is 0 Å². The van der Waals surface area contributed by atoms with E-state index >= 15 is 0 Å². The summed E-state index contributed by atoms with van der Waals surface area (Å²) >= 11 is 0. The van der Waals surface area contributed by atoms with Crippen molar-refractivity contribution in [3.8, 4) is 0 Å². The minimum atomic E-state index is 0.489. The Kier molecular flexibility index (Phi) is 8.41. The van der Waals surface area contributed by atoms with Crippen molar-refractivity contribution in [2.24, 2.45) is 23.5 Å². The van der Waals surface area contributed by atoms with Crippen molar-refractivity contribution >= 4 is 0 Å². The molecule has 0 heterocycles. The fourth-order valence-corrected chi connectivity index (χ4v) is 5.56. The highest BCUT2D eigenvalue weighted by Crippen LogP contribution is 2.36. The molecule has 0 aromatic heterocycles. The molecule has 2 fully saturated rings. The summed E-state index contributed by atoms with van der Waals surface area (Å²) in [6.45, 7) is 9.35. The van der Waals surface area contributed by atoms with E-state index in [1.165, 1.54) is 81.9 Å². The van der Waals surface area contributed by atoms with Gasteiger partial charge in [-0.2, -0.15) is 0 Å². The topological polar surface area (TPSA) is 29.3 Å². The lowest BCUT2D eigenvalue weighted by Gasteiger charge is -2.39. The van der Waals surface area contributed by atoms with Gasteiger partial charge in [0.1, 0.15) is 0 Å². The predicted molar refractivity (Wildman–Crippen MR) is 121 cm³/mol.